The van der Waals surface area contributed by atoms with Crippen molar-refractivity contribution in [2.75, 3.05) is 11.1 Å². The molecule has 0 saturated carbocycles. The highest BCUT2D eigenvalue weighted by Crippen LogP contribution is 2.23. The zero-order valence-electron chi connectivity index (χ0n) is 18.1. The quantitative estimate of drug-likeness (QED) is 0.305. The van der Waals surface area contributed by atoms with Gasteiger partial charge in [0.2, 0.25) is 5.91 Å². The van der Waals surface area contributed by atoms with Crippen LogP contribution < -0.4 is 10.6 Å². The van der Waals surface area contributed by atoms with Crippen LogP contribution in [0.25, 0.3) is 0 Å². The van der Waals surface area contributed by atoms with Crippen molar-refractivity contribution in [2.45, 2.75) is 31.6 Å². The van der Waals surface area contributed by atoms with Crippen LogP contribution in [0.5, 0.6) is 0 Å². The number of aromatic nitrogens is 3. The number of nitrogens with one attached hydrogen (secondary N) is 2. The van der Waals surface area contributed by atoms with Gasteiger partial charge in [0.25, 0.3) is 5.91 Å². The molecule has 2 amide bonds. The molecule has 0 aliphatic heterocycles. The van der Waals surface area contributed by atoms with Crippen molar-refractivity contribution in [2.24, 2.45) is 0 Å². The van der Waals surface area contributed by atoms with E-state index in [1.165, 1.54) is 11.8 Å². The minimum Gasteiger partial charge on any atom is -0.342 e. The molecule has 3 aromatic rings. The summed E-state index contributed by atoms with van der Waals surface area (Å²) in [6.45, 7) is 7.90. The first-order valence-corrected chi connectivity index (χ1v) is 11.8. The molecule has 2 aromatic carbocycles. The third kappa shape index (κ3) is 6.37. The summed E-state index contributed by atoms with van der Waals surface area (Å²) in [4.78, 5) is 25.0. The molecule has 10 heteroatoms. The fraction of sp³-hybridized carbons (Fsp3) is 0.217. The van der Waals surface area contributed by atoms with E-state index in [-0.39, 0.29) is 17.6 Å². The van der Waals surface area contributed by atoms with Gasteiger partial charge in [-0.3, -0.25) is 9.59 Å². The lowest BCUT2D eigenvalue weighted by Gasteiger charge is -2.15. The molecule has 0 bridgehead atoms. The molecule has 0 fully saturated rings. The van der Waals surface area contributed by atoms with Crippen molar-refractivity contribution in [3.05, 3.63) is 82.1 Å². The van der Waals surface area contributed by atoms with Crippen LogP contribution in [0.2, 0.25) is 10.0 Å². The predicted molar refractivity (Wildman–Crippen MR) is 133 cm³/mol. The Hall–Kier alpha value is -2.81. The van der Waals surface area contributed by atoms with Gasteiger partial charge in [-0.05, 0) is 43.7 Å². The molecule has 1 heterocycles. The summed E-state index contributed by atoms with van der Waals surface area (Å²) in [6.07, 6.45) is 1.70. The number of thioether (sulfide) groups is 1. The Kier molecular flexibility index (Phi) is 8.55. The lowest BCUT2D eigenvalue weighted by Crippen LogP contribution is -2.29. The lowest BCUT2D eigenvalue weighted by molar-refractivity contribution is -0.113. The Bertz CT molecular complexity index is 1180. The number of benzene rings is 2. The van der Waals surface area contributed by atoms with Crippen molar-refractivity contribution in [1.82, 2.24) is 20.1 Å². The summed E-state index contributed by atoms with van der Waals surface area (Å²) in [5.74, 6) is 0.158. The molecular formula is C23H23Cl2N5O2S. The Labute approximate surface area is 206 Å². The summed E-state index contributed by atoms with van der Waals surface area (Å²) < 4.78 is 1.81. The van der Waals surface area contributed by atoms with Crippen LogP contribution >= 0.6 is 35.0 Å². The van der Waals surface area contributed by atoms with Gasteiger partial charge in [0.05, 0.1) is 22.4 Å². The number of aryl methyl sites for hydroxylation is 1. The number of hydrogen-bond acceptors (Lipinski definition) is 5. The summed E-state index contributed by atoms with van der Waals surface area (Å²) in [7, 11) is 0. The van der Waals surface area contributed by atoms with Crippen molar-refractivity contribution in [3.63, 3.8) is 0 Å². The Morgan fingerprint density at radius 3 is 2.64 bits per heavy atom. The zero-order valence-corrected chi connectivity index (χ0v) is 20.5. The van der Waals surface area contributed by atoms with Crippen molar-refractivity contribution in [3.8, 4) is 0 Å². The maximum Gasteiger partial charge on any atom is 0.253 e. The van der Waals surface area contributed by atoms with E-state index >= 15 is 0 Å². The van der Waals surface area contributed by atoms with Crippen molar-refractivity contribution in [1.29, 1.82) is 0 Å². The first kappa shape index (κ1) is 24.8. The van der Waals surface area contributed by atoms with E-state index in [1.54, 1.807) is 49.4 Å². The number of amides is 2. The number of halogens is 2. The number of carbonyl (C=O) groups excluding carboxylic acids is 2. The molecule has 3 rings (SSSR count). The number of rotatable bonds is 9. The fourth-order valence-electron chi connectivity index (χ4n) is 3.01. The van der Waals surface area contributed by atoms with Crippen LogP contribution in [0.15, 0.2) is 60.3 Å². The normalized spacial score (nSPS) is 11.6. The monoisotopic (exact) mass is 503 g/mol. The average Bonchev–Trinajstić information content (AvgIpc) is 3.18. The van der Waals surface area contributed by atoms with Crippen LogP contribution in [0.4, 0.5) is 5.69 Å². The van der Waals surface area contributed by atoms with Gasteiger partial charge in [0.1, 0.15) is 0 Å². The van der Waals surface area contributed by atoms with E-state index in [0.717, 1.165) is 5.56 Å². The Morgan fingerprint density at radius 2 is 1.94 bits per heavy atom. The van der Waals surface area contributed by atoms with Crippen LogP contribution in [-0.4, -0.2) is 32.3 Å². The van der Waals surface area contributed by atoms with E-state index < -0.39 is 6.04 Å². The zero-order chi connectivity index (χ0) is 24.0. The molecule has 0 aliphatic carbocycles. The molecule has 0 saturated heterocycles. The molecule has 172 valence electrons. The molecule has 0 aliphatic rings. The van der Waals surface area contributed by atoms with Gasteiger partial charge in [-0.25, -0.2) is 0 Å². The predicted octanol–water partition coefficient (Wildman–Crippen LogP) is 5.30. The highest BCUT2D eigenvalue weighted by Gasteiger charge is 2.21. The Morgan fingerprint density at radius 1 is 1.18 bits per heavy atom. The maximum absolute atomic E-state index is 12.6. The molecule has 2 N–H and O–H groups in total. The molecular weight excluding hydrogens is 481 g/mol. The van der Waals surface area contributed by atoms with E-state index in [1.807, 2.05) is 17.6 Å². The first-order chi connectivity index (χ1) is 15.8. The van der Waals surface area contributed by atoms with Crippen LogP contribution in [0.1, 0.15) is 34.7 Å². The molecule has 1 atom stereocenters. The summed E-state index contributed by atoms with van der Waals surface area (Å²) in [6, 6.07) is 11.7. The van der Waals surface area contributed by atoms with Gasteiger partial charge < -0.3 is 15.2 Å². The van der Waals surface area contributed by atoms with Gasteiger partial charge in [0, 0.05) is 17.3 Å². The smallest absolute Gasteiger partial charge is 0.253 e. The number of hydrogen-bond donors (Lipinski definition) is 2. The Balaban J connectivity index is 1.67. The topological polar surface area (TPSA) is 88.9 Å². The fourth-order valence-corrected chi connectivity index (χ4v) is 4.17. The number of anilines is 1. The van der Waals surface area contributed by atoms with Gasteiger partial charge >= 0.3 is 0 Å². The van der Waals surface area contributed by atoms with Crippen LogP contribution in [0, 0.1) is 6.92 Å². The first-order valence-electron chi connectivity index (χ1n) is 10.1. The molecule has 1 aromatic heterocycles. The summed E-state index contributed by atoms with van der Waals surface area (Å²) in [5.41, 5.74) is 1.94. The summed E-state index contributed by atoms with van der Waals surface area (Å²) in [5, 5.41) is 15.6. The highest BCUT2D eigenvalue weighted by atomic mass is 35.5. The van der Waals surface area contributed by atoms with Crippen LogP contribution in [-0.2, 0) is 11.3 Å². The second kappa shape index (κ2) is 11.4. The van der Waals surface area contributed by atoms with Crippen molar-refractivity contribution < 1.29 is 9.59 Å². The largest absolute Gasteiger partial charge is 0.342 e. The third-order valence-corrected chi connectivity index (χ3v) is 6.40. The molecule has 0 radical (unpaired) electrons. The standard InChI is InChI=1S/C23H23Cl2N5O2S/c1-4-11-30-21(15(3)26-22(32)17-7-5-6-8-18(17)24)28-29-23(30)33-13-20(31)27-16-10-9-14(2)19(25)12-16/h4-10,12,15H,1,11,13H2,2-3H3,(H,26,32)(H,27,31)/t15-/m0/s1. The van der Waals surface area contributed by atoms with E-state index in [0.29, 0.717) is 38.8 Å². The second-order valence-corrected chi connectivity index (χ2v) is 8.97. The summed E-state index contributed by atoms with van der Waals surface area (Å²) >= 11 is 13.5. The van der Waals surface area contributed by atoms with Gasteiger partial charge in [-0.2, -0.15) is 0 Å². The minimum absolute atomic E-state index is 0.126. The van der Waals surface area contributed by atoms with Gasteiger partial charge in [-0.1, -0.05) is 59.2 Å². The lowest BCUT2D eigenvalue weighted by atomic mass is 10.2. The molecule has 0 spiro atoms. The average molecular weight is 504 g/mol. The molecule has 7 nitrogen and oxygen atoms in total. The van der Waals surface area contributed by atoms with Gasteiger partial charge in [0.15, 0.2) is 11.0 Å². The SMILES string of the molecule is C=CCn1c(SCC(=O)Nc2ccc(C)c(Cl)c2)nnc1[C@H](C)NC(=O)c1ccccc1Cl. The van der Waals surface area contributed by atoms with Gasteiger partial charge in [-0.15, -0.1) is 16.8 Å². The van der Waals surface area contributed by atoms with E-state index in [2.05, 4.69) is 27.4 Å². The van der Waals surface area contributed by atoms with E-state index in [4.69, 9.17) is 23.2 Å². The van der Waals surface area contributed by atoms with Crippen molar-refractivity contribution >= 4 is 52.5 Å². The number of allylic oxidation sites excluding steroid dienone is 1. The van der Waals surface area contributed by atoms with Crippen LogP contribution in [0.3, 0.4) is 0 Å². The minimum atomic E-state index is -0.445. The highest BCUT2D eigenvalue weighted by molar-refractivity contribution is 7.99. The number of carbonyl (C=O) groups is 2. The number of nitrogens with zero attached hydrogens (tertiary/aromatic N) is 3. The maximum atomic E-state index is 12.6. The third-order valence-electron chi connectivity index (χ3n) is 4.70. The van der Waals surface area contributed by atoms with E-state index in [9.17, 15) is 9.59 Å². The second-order valence-electron chi connectivity index (χ2n) is 7.22. The molecule has 33 heavy (non-hydrogen) atoms. The molecule has 0 unspecified atom stereocenters.